The van der Waals surface area contributed by atoms with Crippen LogP contribution in [0.3, 0.4) is 0 Å². The van der Waals surface area contributed by atoms with E-state index in [2.05, 4.69) is 19.1 Å². The minimum Gasteiger partial charge on any atom is -0.353 e. The van der Waals surface area contributed by atoms with Gasteiger partial charge >= 0.3 is 0 Å². The zero-order valence-corrected chi connectivity index (χ0v) is 29.3. The van der Waals surface area contributed by atoms with Gasteiger partial charge in [0.1, 0.15) is 11.6 Å². The van der Waals surface area contributed by atoms with E-state index in [1.807, 2.05) is 0 Å². The van der Waals surface area contributed by atoms with Gasteiger partial charge in [-0.3, -0.25) is 9.59 Å². The molecule has 0 spiro atoms. The van der Waals surface area contributed by atoms with Crippen molar-refractivity contribution < 1.29 is 38.0 Å². The fraction of sp³-hybridized carbons (Fsp3) is 0.897. The summed E-state index contributed by atoms with van der Waals surface area (Å²) in [5, 5.41) is 0. The number of rotatable bonds is 19. The quantitative estimate of drug-likeness (QED) is 0.101. The molecule has 5 fully saturated rings. The average molecular weight is 661 g/mol. The van der Waals surface area contributed by atoms with Gasteiger partial charge in [0.15, 0.2) is 18.9 Å². The van der Waals surface area contributed by atoms with Gasteiger partial charge in [-0.15, -0.1) is 0 Å². The first-order chi connectivity index (χ1) is 23.1. The molecule has 0 amide bonds. The molecule has 0 aromatic carbocycles. The molecule has 8 heteroatoms. The van der Waals surface area contributed by atoms with Crippen molar-refractivity contribution in [2.24, 2.45) is 23.7 Å². The molecule has 0 radical (unpaired) electrons. The SMILES string of the molecule is CCCCC1CCC([C@@H](C=C[C@H]2[C@H](OC3CCCCO3)CC(=O)[C@@H]2CC(=O)CCCCCOC2CCCCO2)OC2CCCCO2)C1. The van der Waals surface area contributed by atoms with Crippen molar-refractivity contribution >= 4 is 11.6 Å². The van der Waals surface area contributed by atoms with Crippen molar-refractivity contribution in [3.8, 4) is 0 Å². The number of Topliss-reactive ketones (excluding diaryl/α,β-unsaturated/α-hetero) is 2. The number of ketones is 2. The van der Waals surface area contributed by atoms with Crippen LogP contribution in [0, 0.1) is 23.7 Å². The molecule has 5 rings (SSSR count). The lowest BCUT2D eigenvalue weighted by molar-refractivity contribution is -0.193. The summed E-state index contributed by atoms with van der Waals surface area (Å²) in [6, 6.07) is 0. The highest BCUT2D eigenvalue weighted by Gasteiger charge is 2.44. The Morgan fingerprint density at radius 1 is 0.851 bits per heavy atom. The Morgan fingerprint density at radius 2 is 1.57 bits per heavy atom. The third-order valence-electron chi connectivity index (χ3n) is 11.1. The molecular weight excluding hydrogens is 596 g/mol. The Labute approximate surface area is 284 Å². The first-order valence-corrected chi connectivity index (χ1v) is 19.6. The van der Waals surface area contributed by atoms with Crippen molar-refractivity contribution in [1.29, 1.82) is 0 Å². The molecule has 2 aliphatic carbocycles. The van der Waals surface area contributed by atoms with Gasteiger partial charge in [0.2, 0.25) is 0 Å². The second kappa shape index (κ2) is 20.5. The summed E-state index contributed by atoms with van der Waals surface area (Å²) < 4.78 is 36.6. The van der Waals surface area contributed by atoms with Crippen LogP contribution in [-0.4, -0.2) is 69.1 Å². The number of hydrogen-bond acceptors (Lipinski definition) is 8. The van der Waals surface area contributed by atoms with Crippen LogP contribution in [0.25, 0.3) is 0 Å². The molecule has 0 aromatic rings. The minimum absolute atomic E-state index is 0.0513. The summed E-state index contributed by atoms with van der Waals surface area (Å²) >= 11 is 0. The van der Waals surface area contributed by atoms with Crippen molar-refractivity contribution in [3.63, 3.8) is 0 Å². The molecule has 3 heterocycles. The average Bonchev–Trinajstić information content (AvgIpc) is 3.68. The summed E-state index contributed by atoms with van der Waals surface area (Å²) in [6.07, 6.45) is 24.2. The van der Waals surface area contributed by atoms with Gasteiger partial charge in [0, 0.05) is 57.5 Å². The molecule has 268 valence electrons. The molecule has 47 heavy (non-hydrogen) atoms. The van der Waals surface area contributed by atoms with E-state index in [1.54, 1.807) is 0 Å². The number of ether oxygens (including phenoxy) is 6. The number of carbonyl (C=O) groups is 2. The Kier molecular flexibility index (Phi) is 16.2. The Balaban J connectivity index is 1.19. The summed E-state index contributed by atoms with van der Waals surface area (Å²) in [7, 11) is 0. The second-order valence-electron chi connectivity index (χ2n) is 14.9. The van der Waals surface area contributed by atoms with Crippen LogP contribution in [0.5, 0.6) is 0 Å². The number of hydrogen-bond donors (Lipinski definition) is 0. The van der Waals surface area contributed by atoms with Gasteiger partial charge in [-0.25, -0.2) is 0 Å². The molecule has 8 nitrogen and oxygen atoms in total. The van der Waals surface area contributed by atoms with E-state index >= 15 is 0 Å². The summed E-state index contributed by atoms with van der Waals surface area (Å²) in [6.45, 7) is 5.18. The molecule has 5 unspecified atom stereocenters. The molecule has 5 aliphatic rings. The predicted molar refractivity (Wildman–Crippen MR) is 181 cm³/mol. The topological polar surface area (TPSA) is 89.5 Å². The maximum atomic E-state index is 13.5. The van der Waals surface area contributed by atoms with Crippen LogP contribution in [0.4, 0.5) is 0 Å². The van der Waals surface area contributed by atoms with E-state index in [4.69, 9.17) is 28.4 Å². The fourth-order valence-electron chi connectivity index (χ4n) is 8.34. The van der Waals surface area contributed by atoms with E-state index in [-0.39, 0.29) is 60.9 Å². The molecule has 2 saturated carbocycles. The number of carbonyl (C=O) groups excluding carboxylic acids is 2. The van der Waals surface area contributed by atoms with E-state index in [9.17, 15) is 9.59 Å². The van der Waals surface area contributed by atoms with Crippen LogP contribution in [0.1, 0.15) is 142 Å². The largest absolute Gasteiger partial charge is 0.353 e. The molecule has 0 bridgehead atoms. The maximum Gasteiger partial charge on any atom is 0.158 e. The molecule has 3 saturated heterocycles. The lowest BCUT2D eigenvalue weighted by Gasteiger charge is -2.31. The van der Waals surface area contributed by atoms with E-state index < -0.39 is 0 Å². The third kappa shape index (κ3) is 12.3. The van der Waals surface area contributed by atoms with Crippen LogP contribution in [-0.2, 0) is 38.0 Å². The van der Waals surface area contributed by atoms with Gasteiger partial charge < -0.3 is 28.4 Å². The summed E-state index contributed by atoms with van der Waals surface area (Å²) in [5.41, 5.74) is 0. The third-order valence-corrected chi connectivity index (χ3v) is 11.1. The van der Waals surface area contributed by atoms with Crippen molar-refractivity contribution in [1.82, 2.24) is 0 Å². The number of unbranched alkanes of at least 4 members (excludes halogenated alkanes) is 3. The van der Waals surface area contributed by atoms with Crippen molar-refractivity contribution in [2.45, 2.75) is 173 Å². The summed E-state index contributed by atoms with van der Waals surface area (Å²) in [5.74, 6) is 1.01. The maximum absolute atomic E-state index is 13.5. The fourth-order valence-corrected chi connectivity index (χ4v) is 8.34. The Bertz CT molecular complexity index is 935. The standard InChI is InChI=1S/C39H64O8/c1-2-3-13-29-18-19-30(26-29)35(46-38-16-7-11-24-44-38)21-20-32-33(34(41)28-36(32)47-39-17-8-12-25-45-39)27-31(40)14-5-4-9-22-42-37-15-6-10-23-43-37/h20-21,29-30,32-33,35-39H,2-19,22-28H2,1H3/t29?,30?,32-,33-,35-,36-,37?,38?,39?/m1/s1. The first kappa shape index (κ1) is 37.1. The highest BCUT2D eigenvalue weighted by atomic mass is 16.7. The molecule has 3 aliphatic heterocycles. The van der Waals surface area contributed by atoms with E-state index in [1.165, 1.54) is 32.1 Å². The predicted octanol–water partition coefficient (Wildman–Crippen LogP) is 8.24. The molecule has 9 atom stereocenters. The second-order valence-corrected chi connectivity index (χ2v) is 14.9. The highest BCUT2D eigenvalue weighted by Crippen LogP contribution is 2.41. The van der Waals surface area contributed by atoms with Crippen LogP contribution < -0.4 is 0 Å². The lowest BCUT2D eigenvalue weighted by Crippen LogP contribution is -2.32. The van der Waals surface area contributed by atoms with Crippen LogP contribution in [0.2, 0.25) is 0 Å². The van der Waals surface area contributed by atoms with Gasteiger partial charge in [0.25, 0.3) is 0 Å². The summed E-state index contributed by atoms with van der Waals surface area (Å²) in [4.78, 5) is 26.8. The Morgan fingerprint density at radius 3 is 2.28 bits per heavy atom. The van der Waals surface area contributed by atoms with E-state index in [0.29, 0.717) is 32.0 Å². The van der Waals surface area contributed by atoms with E-state index in [0.717, 1.165) is 103 Å². The van der Waals surface area contributed by atoms with Crippen molar-refractivity contribution in [2.75, 3.05) is 26.4 Å². The van der Waals surface area contributed by atoms with Crippen molar-refractivity contribution in [3.05, 3.63) is 12.2 Å². The highest BCUT2D eigenvalue weighted by molar-refractivity contribution is 5.90. The van der Waals surface area contributed by atoms with Crippen LogP contribution >= 0.6 is 0 Å². The first-order valence-electron chi connectivity index (χ1n) is 19.6. The molecule has 0 N–H and O–H groups in total. The van der Waals surface area contributed by atoms with Gasteiger partial charge in [0.05, 0.1) is 12.2 Å². The van der Waals surface area contributed by atoms with Gasteiger partial charge in [-0.2, -0.15) is 0 Å². The smallest absolute Gasteiger partial charge is 0.158 e. The minimum atomic E-state index is -0.355. The Hall–Kier alpha value is -1.16. The molecule has 0 aromatic heterocycles. The normalized spacial score (nSPS) is 34.3. The zero-order valence-electron chi connectivity index (χ0n) is 29.3. The lowest BCUT2D eigenvalue weighted by atomic mass is 9.87. The van der Waals surface area contributed by atoms with Crippen LogP contribution in [0.15, 0.2) is 12.2 Å². The zero-order chi connectivity index (χ0) is 32.7. The van der Waals surface area contributed by atoms with Gasteiger partial charge in [-0.05, 0) is 95.3 Å². The molecular formula is C39H64O8. The van der Waals surface area contributed by atoms with Gasteiger partial charge in [-0.1, -0.05) is 51.2 Å². The monoisotopic (exact) mass is 660 g/mol.